The number of hydrogen-bond acceptors (Lipinski definition) is 12. The number of nitrogens with two attached hydrogens (primary N) is 2. The van der Waals surface area contributed by atoms with E-state index in [0.717, 1.165) is 41.1 Å². The van der Waals surface area contributed by atoms with E-state index in [4.69, 9.17) is 10.3 Å². The zero-order chi connectivity index (χ0) is 34.6. The number of aromatic hydroxyl groups is 3. The SMILES string of the molecule is NS(=O)(=O)c1ccc(O)c(N=Nc2c(O)ccc3ccccc23)c1.NS(=O)(=O)c1ccc([O-])c(N=Nc2c(O)ccc3ccccc23)c1.[Co].[Na+]. The Bertz CT molecular complexity index is 2310. The number of sulfonamides is 2. The summed E-state index contributed by atoms with van der Waals surface area (Å²) in [6.45, 7) is 0. The fraction of sp³-hybridized carbons (Fsp3) is 0. The number of phenolic OH excluding ortho intramolecular Hbond substituents is 3. The van der Waals surface area contributed by atoms with Crippen molar-refractivity contribution in [3.8, 4) is 23.0 Å². The van der Waals surface area contributed by atoms with Gasteiger partial charge in [0.05, 0.1) is 15.5 Å². The molecule has 7 N–H and O–H groups in total. The number of azo groups is 2. The first kappa shape index (κ1) is 40.0. The van der Waals surface area contributed by atoms with E-state index in [-0.39, 0.29) is 96.1 Å². The molecule has 0 aliphatic carbocycles. The Hall–Kier alpha value is -4.43. The van der Waals surface area contributed by atoms with Gasteiger partial charge in [0.2, 0.25) is 20.0 Å². The Balaban J connectivity index is 0.000000260. The van der Waals surface area contributed by atoms with E-state index < -0.39 is 25.8 Å². The van der Waals surface area contributed by atoms with Crippen molar-refractivity contribution in [1.82, 2.24) is 0 Å². The Morgan fingerprint density at radius 2 is 0.920 bits per heavy atom. The minimum absolute atomic E-state index is 0. The third kappa shape index (κ3) is 9.41. The molecule has 0 unspecified atom stereocenters. The van der Waals surface area contributed by atoms with Crippen LogP contribution in [0, 0.1) is 0 Å². The molecular weight excluding hydrogens is 742 g/mol. The summed E-state index contributed by atoms with van der Waals surface area (Å²) in [5, 5.41) is 70.3. The van der Waals surface area contributed by atoms with Crippen LogP contribution in [0.1, 0.15) is 0 Å². The van der Waals surface area contributed by atoms with Crippen LogP contribution >= 0.6 is 0 Å². The molecule has 0 saturated heterocycles. The molecule has 0 heterocycles. The molecule has 0 aliphatic heterocycles. The molecule has 14 nitrogen and oxygen atoms in total. The summed E-state index contributed by atoms with van der Waals surface area (Å²) >= 11 is 0. The molecule has 1 radical (unpaired) electrons. The van der Waals surface area contributed by atoms with Crippen molar-refractivity contribution in [2.24, 2.45) is 30.7 Å². The van der Waals surface area contributed by atoms with Crippen LogP contribution in [0.4, 0.5) is 22.7 Å². The molecule has 0 saturated carbocycles. The largest absolute Gasteiger partial charge is 1.00 e. The van der Waals surface area contributed by atoms with Gasteiger partial charge in [-0.25, -0.2) is 27.1 Å². The molecule has 0 fully saturated rings. The van der Waals surface area contributed by atoms with Gasteiger partial charge in [-0.3, -0.25) is 0 Å². The predicted octanol–water partition coefficient (Wildman–Crippen LogP) is 3.00. The minimum Gasteiger partial charge on any atom is -0.871 e. The van der Waals surface area contributed by atoms with Crippen molar-refractivity contribution in [3.63, 3.8) is 0 Å². The molecule has 6 aromatic rings. The van der Waals surface area contributed by atoms with E-state index in [9.17, 15) is 37.3 Å². The van der Waals surface area contributed by atoms with E-state index in [2.05, 4.69) is 20.5 Å². The average molecular weight is 768 g/mol. The zero-order valence-corrected chi connectivity index (χ0v) is 30.5. The minimum atomic E-state index is -3.96. The average Bonchev–Trinajstić information content (AvgIpc) is 3.04. The van der Waals surface area contributed by atoms with Crippen LogP contribution in [0.2, 0.25) is 0 Å². The molecule has 0 atom stereocenters. The first-order valence-electron chi connectivity index (χ1n) is 13.7. The van der Waals surface area contributed by atoms with Crippen LogP contribution in [-0.4, -0.2) is 32.2 Å². The van der Waals surface area contributed by atoms with Gasteiger partial charge in [-0.1, -0.05) is 72.5 Å². The summed E-state index contributed by atoms with van der Waals surface area (Å²) in [6.07, 6.45) is 0. The quantitative estimate of drug-likeness (QED) is 0.124. The van der Waals surface area contributed by atoms with Gasteiger partial charge in [0.1, 0.15) is 34.3 Å². The Labute approximate surface area is 318 Å². The fourth-order valence-electron chi connectivity index (χ4n) is 4.42. The Kier molecular flexibility index (Phi) is 13.2. The standard InChI is InChI=1S/2C16H13N3O4S.Co.Na/c2*17-24(22,23)11-6-8-14(20)13(9-11)18-19-16-12-4-2-1-3-10(12)5-7-15(16)21;;/h2*1-9,20-21H,(H2,17,22,23);;/q;;;+1/p-1. The molecule has 0 bridgehead atoms. The van der Waals surface area contributed by atoms with Crippen LogP contribution in [0.3, 0.4) is 0 Å². The monoisotopic (exact) mass is 767 g/mol. The Morgan fingerprint density at radius 3 is 1.40 bits per heavy atom. The van der Waals surface area contributed by atoms with Crippen molar-refractivity contribution >= 4 is 64.3 Å². The van der Waals surface area contributed by atoms with Gasteiger partial charge in [-0.15, -0.1) is 15.3 Å². The number of nitrogens with zero attached hydrogens (tertiary/aromatic N) is 4. The Morgan fingerprint density at radius 1 is 0.520 bits per heavy atom. The molecule has 0 amide bonds. The molecular formula is C32H25CoN6NaO8S2. The summed E-state index contributed by atoms with van der Waals surface area (Å²) in [7, 11) is -7.89. The number of primary sulfonamides is 2. The van der Waals surface area contributed by atoms with E-state index >= 15 is 0 Å². The zero-order valence-electron chi connectivity index (χ0n) is 25.9. The van der Waals surface area contributed by atoms with E-state index in [1.165, 1.54) is 18.2 Å². The molecule has 0 aromatic heterocycles. The van der Waals surface area contributed by atoms with E-state index in [1.807, 2.05) is 24.3 Å². The maximum Gasteiger partial charge on any atom is 1.00 e. The number of phenols is 3. The first-order valence-corrected chi connectivity index (χ1v) is 16.8. The molecule has 6 rings (SSSR count). The molecule has 6 aromatic carbocycles. The van der Waals surface area contributed by atoms with Gasteiger partial charge in [0.25, 0.3) is 0 Å². The summed E-state index contributed by atoms with van der Waals surface area (Å²) in [6, 6.07) is 27.5. The van der Waals surface area contributed by atoms with Crippen LogP contribution in [0.25, 0.3) is 21.5 Å². The van der Waals surface area contributed by atoms with Gasteiger partial charge in [0.15, 0.2) is 0 Å². The summed E-state index contributed by atoms with van der Waals surface area (Å²) in [5.41, 5.74) is 0.143. The van der Waals surface area contributed by atoms with Crippen molar-refractivity contribution in [2.75, 3.05) is 0 Å². The summed E-state index contributed by atoms with van der Waals surface area (Å²) < 4.78 is 45.5. The van der Waals surface area contributed by atoms with Gasteiger partial charge in [0, 0.05) is 27.6 Å². The molecule has 0 spiro atoms. The predicted molar refractivity (Wildman–Crippen MR) is 176 cm³/mol. The van der Waals surface area contributed by atoms with Crippen LogP contribution in [-0.2, 0) is 36.8 Å². The van der Waals surface area contributed by atoms with Crippen LogP contribution in [0.5, 0.6) is 23.0 Å². The third-order valence-electron chi connectivity index (χ3n) is 6.81. The normalized spacial score (nSPS) is 11.6. The number of benzene rings is 6. The van der Waals surface area contributed by atoms with Crippen molar-refractivity contribution < 1.29 is 83.6 Å². The van der Waals surface area contributed by atoms with Crippen molar-refractivity contribution in [1.29, 1.82) is 0 Å². The molecule has 253 valence electrons. The fourth-order valence-corrected chi connectivity index (χ4v) is 5.49. The van der Waals surface area contributed by atoms with Crippen molar-refractivity contribution in [3.05, 3.63) is 109 Å². The maximum absolute atomic E-state index is 11.8. The molecule has 0 aliphatic rings. The van der Waals surface area contributed by atoms with Gasteiger partial charge >= 0.3 is 29.6 Å². The first-order chi connectivity index (χ1) is 22.7. The third-order valence-corrected chi connectivity index (χ3v) is 8.63. The number of fused-ring (bicyclic) bond motifs is 2. The topological polar surface area (TPSA) is 254 Å². The van der Waals surface area contributed by atoms with Crippen LogP contribution < -0.4 is 44.9 Å². The number of hydrogen-bond donors (Lipinski definition) is 5. The second-order valence-corrected chi connectivity index (χ2v) is 13.2. The van der Waals surface area contributed by atoms with Crippen LogP contribution in [0.15, 0.2) is 139 Å². The van der Waals surface area contributed by atoms with Crippen molar-refractivity contribution in [2.45, 2.75) is 9.79 Å². The smallest absolute Gasteiger partial charge is 0.871 e. The summed E-state index contributed by atoms with van der Waals surface area (Å²) in [4.78, 5) is -0.436. The summed E-state index contributed by atoms with van der Waals surface area (Å²) in [5.74, 6) is -0.955. The van der Waals surface area contributed by atoms with Gasteiger partial charge in [-0.05, 0) is 53.2 Å². The second kappa shape index (κ2) is 16.5. The molecule has 50 heavy (non-hydrogen) atoms. The second-order valence-electron chi connectivity index (χ2n) is 10.1. The maximum atomic E-state index is 11.8. The van der Waals surface area contributed by atoms with E-state index in [1.54, 1.807) is 36.4 Å². The van der Waals surface area contributed by atoms with E-state index in [0.29, 0.717) is 10.8 Å². The number of rotatable bonds is 6. The van der Waals surface area contributed by atoms with Gasteiger partial charge < -0.3 is 20.4 Å². The molecule has 18 heteroatoms. The van der Waals surface area contributed by atoms with Gasteiger partial charge in [-0.2, -0.15) is 5.11 Å².